The van der Waals surface area contributed by atoms with Gasteiger partial charge in [0.25, 0.3) is 5.91 Å². The summed E-state index contributed by atoms with van der Waals surface area (Å²) < 4.78 is 5.41. The number of nitrogens with one attached hydrogen (secondary N) is 1. The summed E-state index contributed by atoms with van der Waals surface area (Å²) in [5, 5.41) is 21.1. The Bertz CT molecular complexity index is 421. The molecule has 5 heteroatoms. The van der Waals surface area contributed by atoms with Crippen molar-refractivity contribution in [2.45, 2.75) is 32.2 Å². The van der Waals surface area contributed by atoms with E-state index in [-0.39, 0.29) is 25.7 Å². The highest BCUT2D eigenvalue weighted by Gasteiger charge is 2.28. The van der Waals surface area contributed by atoms with Crippen LogP contribution in [0.2, 0.25) is 0 Å². The Labute approximate surface area is 119 Å². The Morgan fingerprint density at radius 2 is 2.00 bits per heavy atom. The van der Waals surface area contributed by atoms with Crippen molar-refractivity contribution in [1.82, 2.24) is 5.32 Å². The van der Waals surface area contributed by atoms with Crippen molar-refractivity contribution in [2.75, 3.05) is 19.8 Å². The lowest BCUT2D eigenvalue weighted by molar-refractivity contribution is -0.126. The van der Waals surface area contributed by atoms with Gasteiger partial charge in [0, 0.05) is 0 Å². The van der Waals surface area contributed by atoms with E-state index < -0.39 is 5.54 Å². The van der Waals surface area contributed by atoms with Gasteiger partial charge in [-0.25, -0.2) is 0 Å². The smallest absolute Gasteiger partial charge is 0.258 e. The Morgan fingerprint density at radius 3 is 2.55 bits per heavy atom. The van der Waals surface area contributed by atoms with Crippen molar-refractivity contribution in [3.63, 3.8) is 0 Å². The van der Waals surface area contributed by atoms with Crippen LogP contribution >= 0.6 is 0 Å². The molecule has 0 saturated carbocycles. The van der Waals surface area contributed by atoms with Gasteiger partial charge >= 0.3 is 0 Å². The van der Waals surface area contributed by atoms with Crippen LogP contribution in [0.5, 0.6) is 5.75 Å². The molecular weight excluding hydrogens is 258 g/mol. The predicted molar refractivity (Wildman–Crippen MR) is 76.7 cm³/mol. The van der Waals surface area contributed by atoms with E-state index in [0.29, 0.717) is 12.2 Å². The van der Waals surface area contributed by atoms with Crippen LogP contribution in [0.15, 0.2) is 24.3 Å². The van der Waals surface area contributed by atoms with Gasteiger partial charge in [0.05, 0.1) is 18.8 Å². The number of ether oxygens (including phenoxy) is 1. The zero-order valence-corrected chi connectivity index (χ0v) is 12.1. The minimum atomic E-state index is -0.980. The molecule has 1 amide bonds. The standard InChI is InChI=1S/C15H23NO4/c1-3-12-6-5-7-13(8-12)20-9-14(19)16-15(4-2,10-17)11-18/h5-8,17-18H,3-4,9-11H2,1-2H3,(H,16,19). The van der Waals surface area contributed by atoms with Crippen molar-refractivity contribution in [2.24, 2.45) is 0 Å². The molecule has 1 rings (SSSR count). The summed E-state index contributed by atoms with van der Waals surface area (Å²) in [5.74, 6) is 0.270. The molecule has 0 aromatic heterocycles. The molecule has 0 atom stereocenters. The third-order valence-corrected chi connectivity index (χ3v) is 3.36. The average molecular weight is 281 g/mol. The van der Waals surface area contributed by atoms with Crippen LogP contribution in [-0.2, 0) is 11.2 Å². The maximum Gasteiger partial charge on any atom is 0.258 e. The zero-order chi connectivity index (χ0) is 15.0. The summed E-state index contributed by atoms with van der Waals surface area (Å²) in [5.41, 5.74) is 0.155. The zero-order valence-electron chi connectivity index (χ0n) is 12.1. The molecule has 112 valence electrons. The lowest BCUT2D eigenvalue weighted by atomic mass is 9.98. The largest absolute Gasteiger partial charge is 0.484 e. The highest BCUT2D eigenvalue weighted by molar-refractivity contribution is 5.78. The molecule has 0 aliphatic carbocycles. The molecule has 0 fully saturated rings. The van der Waals surface area contributed by atoms with Crippen molar-refractivity contribution in [3.8, 4) is 5.75 Å². The van der Waals surface area contributed by atoms with E-state index in [4.69, 9.17) is 4.74 Å². The molecule has 0 radical (unpaired) electrons. The number of hydrogen-bond donors (Lipinski definition) is 3. The first-order valence-corrected chi connectivity index (χ1v) is 6.83. The van der Waals surface area contributed by atoms with Gasteiger partial charge in [-0.3, -0.25) is 4.79 Å². The van der Waals surface area contributed by atoms with Crippen molar-refractivity contribution in [1.29, 1.82) is 0 Å². The monoisotopic (exact) mass is 281 g/mol. The molecule has 0 bridgehead atoms. The van der Waals surface area contributed by atoms with Crippen LogP contribution in [0.3, 0.4) is 0 Å². The van der Waals surface area contributed by atoms with Gasteiger partial charge in [-0.15, -0.1) is 0 Å². The molecule has 0 unspecified atom stereocenters. The van der Waals surface area contributed by atoms with Gasteiger partial charge in [0.15, 0.2) is 6.61 Å². The lowest BCUT2D eigenvalue weighted by Gasteiger charge is -2.29. The van der Waals surface area contributed by atoms with Gasteiger partial charge in [-0.05, 0) is 30.5 Å². The first-order chi connectivity index (χ1) is 9.59. The number of carbonyl (C=O) groups is 1. The fourth-order valence-electron chi connectivity index (χ4n) is 1.78. The van der Waals surface area contributed by atoms with E-state index in [1.807, 2.05) is 25.1 Å². The van der Waals surface area contributed by atoms with Crippen molar-refractivity contribution in [3.05, 3.63) is 29.8 Å². The number of benzene rings is 1. The highest BCUT2D eigenvalue weighted by atomic mass is 16.5. The molecule has 0 aliphatic rings. The second-order valence-electron chi connectivity index (χ2n) is 4.79. The molecule has 5 nitrogen and oxygen atoms in total. The number of hydrogen-bond acceptors (Lipinski definition) is 4. The summed E-state index contributed by atoms with van der Waals surface area (Å²) in [4.78, 5) is 11.8. The van der Waals surface area contributed by atoms with Gasteiger partial charge in [-0.2, -0.15) is 0 Å². The summed E-state index contributed by atoms with van der Waals surface area (Å²) in [7, 11) is 0. The average Bonchev–Trinajstić information content (AvgIpc) is 2.51. The van der Waals surface area contributed by atoms with E-state index in [9.17, 15) is 15.0 Å². The predicted octanol–water partition coefficient (Wildman–Crippen LogP) is 0.877. The number of aryl methyl sites for hydroxylation is 1. The van der Waals surface area contributed by atoms with E-state index in [2.05, 4.69) is 5.32 Å². The summed E-state index contributed by atoms with van der Waals surface area (Å²) in [6.07, 6.45) is 1.34. The molecule has 0 spiro atoms. The Hall–Kier alpha value is -1.59. The Balaban J connectivity index is 2.54. The summed E-state index contributed by atoms with van der Waals surface area (Å²) in [6.45, 7) is 3.07. The SMILES string of the molecule is CCc1cccc(OCC(=O)NC(CC)(CO)CO)c1. The van der Waals surface area contributed by atoms with Crippen molar-refractivity contribution >= 4 is 5.91 Å². The Morgan fingerprint density at radius 1 is 1.30 bits per heavy atom. The van der Waals surface area contributed by atoms with Gasteiger partial charge in [-0.1, -0.05) is 26.0 Å². The second kappa shape index (κ2) is 7.87. The van der Waals surface area contributed by atoms with Crippen LogP contribution in [0.25, 0.3) is 0 Å². The van der Waals surface area contributed by atoms with Crippen LogP contribution in [0.1, 0.15) is 25.8 Å². The lowest BCUT2D eigenvalue weighted by Crippen LogP contribution is -2.54. The summed E-state index contributed by atoms with van der Waals surface area (Å²) in [6, 6.07) is 7.55. The minimum Gasteiger partial charge on any atom is -0.484 e. The number of amides is 1. The third kappa shape index (κ3) is 4.51. The molecule has 0 heterocycles. The quantitative estimate of drug-likeness (QED) is 0.661. The number of rotatable bonds is 8. The Kier molecular flexibility index (Phi) is 6.48. The third-order valence-electron chi connectivity index (χ3n) is 3.36. The summed E-state index contributed by atoms with van der Waals surface area (Å²) >= 11 is 0. The first kappa shape index (κ1) is 16.5. The van der Waals surface area contributed by atoms with E-state index in [1.165, 1.54) is 0 Å². The van der Waals surface area contributed by atoms with Crippen LogP contribution in [0.4, 0.5) is 0 Å². The van der Waals surface area contributed by atoms with Crippen LogP contribution < -0.4 is 10.1 Å². The molecule has 1 aromatic carbocycles. The fourth-order valence-corrected chi connectivity index (χ4v) is 1.78. The first-order valence-electron chi connectivity index (χ1n) is 6.83. The van der Waals surface area contributed by atoms with Crippen molar-refractivity contribution < 1.29 is 19.7 Å². The van der Waals surface area contributed by atoms with Gasteiger partial charge in [0.1, 0.15) is 5.75 Å². The van der Waals surface area contributed by atoms with Crippen LogP contribution in [0, 0.1) is 0 Å². The van der Waals surface area contributed by atoms with Gasteiger partial charge in [0.2, 0.25) is 0 Å². The number of carbonyl (C=O) groups excluding carboxylic acids is 1. The highest BCUT2D eigenvalue weighted by Crippen LogP contribution is 2.14. The maximum absolute atomic E-state index is 11.8. The molecule has 0 saturated heterocycles. The number of aliphatic hydroxyl groups excluding tert-OH is 2. The topological polar surface area (TPSA) is 78.8 Å². The normalized spacial score (nSPS) is 11.2. The van der Waals surface area contributed by atoms with E-state index >= 15 is 0 Å². The van der Waals surface area contributed by atoms with Crippen LogP contribution in [-0.4, -0.2) is 41.5 Å². The maximum atomic E-state index is 11.8. The van der Waals surface area contributed by atoms with E-state index in [0.717, 1.165) is 12.0 Å². The van der Waals surface area contributed by atoms with E-state index in [1.54, 1.807) is 13.0 Å². The molecule has 1 aromatic rings. The molecular formula is C15H23NO4. The molecule has 3 N–H and O–H groups in total. The number of aliphatic hydroxyl groups is 2. The fraction of sp³-hybridized carbons (Fsp3) is 0.533. The minimum absolute atomic E-state index is 0.144. The molecule has 20 heavy (non-hydrogen) atoms. The van der Waals surface area contributed by atoms with Gasteiger partial charge < -0.3 is 20.3 Å². The second-order valence-corrected chi connectivity index (χ2v) is 4.79. The molecule has 0 aliphatic heterocycles.